The third-order valence-electron chi connectivity index (χ3n) is 3.24. The molecule has 92 valence electrons. The Morgan fingerprint density at radius 3 is 2.18 bits per heavy atom. The van der Waals surface area contributed by atoms with E-state index >= 15 is 0 Å². The zero-order valence-electron chi connectivity index (χ0n) is 10.5. The van der Waals surface area contributed by atoms with Gasteiger partial charge in [-0.25, -0.2) is 8.42 Å². The van der Waals surface area contributed by atoms with Gasteiger partial charge in [-0.05, 0) is 37.3 Å². The minimum atomic E-state index is -3.27. The molecule has 0 aliphatic heterocycles. The molecule has 1 aromatic carbocycles. The number of hydrogen-bond donors (Lipinski definition) is 0. The lowest BCUT2D eigenvalue weighted by Crippen LogP contribution is -2.03. The van der Waals surface area contributed by atoms with Crippen molar-refractivity contribution < 1.29 is 8.42 Å². The zero-order chi connectivity index (χ0) is 12.7. The molecule has 0 saturated heterocycles. The van der Waals surface area contributed by atoms with E-state index in [2.05, 4.69) is 13.8 Å². The number of aryl methyl sites for hydroxylation is 1. The van der Waals surface area contributed by atoms with E-state index in [9.17, 15) is 8.42 Å². The van der Waals surface area contributed by atoms with Crippen LogP contribution in [0.25, 0.3) is 0 Å². The lowest BCUT2D eigenvalue weighted by atomic mass is 9.94. The summed E-state index contributed by atoms with van der Waals surface area (Å²) in [7, 11) is -3.27. The van der Waals surface area contributed by atoms with Crippen molar-refractivity contribution in [2.75, 3.05) is 0 Å². The molecular weight excluding hydrogens is 232 g/mol. The topological polar surface area (TPSA) is 34.1 Å². The van der Waals surface area contributed by atoms with Crippen LogP contribution in [0.4, 0.5) is 0 Å². The molecule has 0 spiro atoms. The number of rotatable bonds is 2. The van der Waals surface area contributed by atoms with E-state index in [4.69, 9.17) is 0 Å². The van der Waals surface area contributed by atoms with Gasteiger partial charge >= 0.3 is 0 Å². The number of benzene rings is 1. The number of allylic oxidation sites excluding steroid dienone is 2. The van der Waals surface area contributed by atoms with Gasteiger partial charge < -0.3 is 0 Å². The van der Waals surface area contributed by atoms with Crippen molar-refractivity contribution in [2.45, 2.75) is 38.5 Å². The maximum atomic E-state index is 12.4. The van der Waals surface area contributed by atoms with Crippen molar-refractivity contribution in [3.05, 3.63) is 40.8 Å². The smallest absolute Gasteiger partial charge is 0.202 e. The third-order valence-corrected chi connectivity index (χ3v) is 5.15. The van der Waals surface area contributed by atoms with Crippen molar-refractivity contribution in [1.29, 1.82) is 0 Å². The fourth-order valence-corrected chi connectivity index (χ4v) is 3.75. The zero-order valence-corrected chi connectivity index (χ0v) is 11.3. The van der Waals surface area contributed by atoms with Crippen LogP contribution >= 0.6 is 0 Å². The van der Waals surface area contributed by atoms with Gasteiger partial charge in [0.15, 0.2) is 0 Å². The second-order valence-electron chi connectivity index (χ2n) is 5.42. The quantitative estimate of drug-likeness (QED) is 0.805. The molecule has 1 aliphatic carbocycles. The Bertz CT molecular complexity index is 548. The standard InChI is InChI=1S/C14H18O2S/c1-11-4-6-12(7-5-11)17(15,16)13-8-9-14(2,3)10-13/h4-7,10H,8-9H2,1-3H3. The first-order valence-corrected chi connectivity index (χ1v) is 7.33. The van der Waals surface area contributed by atoms with Gasteiger partial charge in [-0.15, -0.1) is 0 Å². The van der Waals surface area contributed by atoms with Crippen LogP contribution in [0.15, 0.2) is 40.1 Å². The monoisotopic (exact) mass is 250 g/mol. The molecular formula is C14H18O2S. The first-order chi connectivity index (χ1) is 7.81. The minimum Gasteiger partial charge on any atom is -0.219 e. The predicted octanol–water partition coefficient (Wildman–Crippen LogP) is 3.47. The summed E-state index contributed by atoms with van der Waals surface area (Å²) in [6.07, 6.45) is 3.47. The van der Waals surface area contributed by atoms with Crippen LogP contribution in [0.2, 0.25) is 0 Å². The second kappa shape index (κ2) is 3.98. The largest absolute Gasteiger partial charge is 0.219 e. The van der Waals surface area contributed by atoms with Crippen molar-refractivity contribution >= 4 is 9.84 Å². The van der Waals surface area contributed by atoms with E-state index in [1.165, 1.54) is 0 Å². The van der Waals surface area contributed by atoms with Crippen LogP contribution in [0, 0.1) is 12.3 Å². The van der Waals surface area contributed by atoms with Crippen LogP contribution < -0.4 is 0 Å². The van der Waals surface area contributed by atoms with E-state index in [0.29, 0.717) is 16.2 Å². The highest BCUT2D eigenvalue weighted by atomic mass is 32.2. The second-order valence-corrected chi connectivity index (χ2v) is 7.42. The average Bonchev–Trinajstić information content (AvgIpc) is 2.60. The lowest BCUT2D eigenvalue weighted by Gasteiger charge is -2.11. The molecule has 1 aromatic rings. The van der Waals surface area contributed by atoms with Gasteiger partial charge in [0.2, 0.25) is 9.84 Å². The fraction of sp³-hybridized carbons (Fsp3) is 0.429. The van der Waals surface area contributed by atoms with Gasteiger partial charge in [0.05, 0.1) is 4.90 Å². The summed E-state index contributed by atoms with van der Waals surface area (Å²) in [4.78, 5) is 0.985. The van der Waals surface area contributed by atoms with E-state index in [1.54, 1.807) is 12.1 Å². The summed E-state index contributed by atoms with van der Waals surface area (Å²) >= 11 is 0. The minimum absolute atomic E-state index is 0.00704. The average molecular weight is 250 g/mol. The summed E-state index contributed by atoms with van der Waals surface area (Å²) in [5, 5.41) is 0. The summed E-state index contributed by atoms with van der Waals surface area (Å²) in [6, 6.07) is 7.06. The molecule has 0 aromatic heterocycles. The maximum Gasteiger partial charge on any atom is 0.202 e. The number of hydrogen-bond acceptors (Lipinski definition) is 2. The molecule has 0 saturated carbocycles. The van der Waals surface area contributed by atoms with E-state index < -0.39 is 9.84 Å². The fourth-order valence-electron chi connectivity index (χ4n) is 2.11. The Hall–Kier alpha value is -1.09. The van der Waals surface area contributed by atoms with Crippen LogP contribution in [-0.2, 0) is 9.84 Å². The normalized spacial score (nSPS) is 19.1. The molecule has 2 nitrogen and oxygen atoms in total. The Balaban J connectivity index is 2.42. The third kappa shape index (κ3) is 2.44. The number of sulfone groups is 1. The van der Waals surface area contributed by atoms with Gasteiger partial charge in [-0.1, -0.05) is 37.6 Å². The highest BCUT2D eigenvalue weighted by molar-refractivity contribution is 7.95. The molecule has 0 amide bonds. The highest BCUT2D eigenvalue weighted by Gasteiger charge is 2.30. The Morgan fingerprint density at radius 2 is 1.71 bits per heavy atom. The highest BCUT2D eigenvalue weighted by Crippen LogP contribution is 2.39. The molecule has 0 N–H and O–H groups in total. The molecule has 3 heteroatoms. The molecule has 0 fully saturated rings. The van der Waals surface area contributed by atoms with Gasteiger partial charge in [-0.3, -0.25) is 0 Å². The van der Waals surface area contributed by atoms with Crippen LogP contribution in [0.5, 0.6) is 0 Å². The van der Waals surface area contributed by atoms with Crippen molar-refractivity contribution in [3.63, 3.8) is 0 Å². The Morgan fingerprint density at radius 1 is 1.12 bits per heavy atom. The SMILES string of the molecule is Cc1ccc(S(=O)(=O)C2=CC(C)(C)CC2)cc1. The molecule has 0 unspecified atom stereocenters. The Kier molecular flexibility index (Phi) is 2.90. The van der Waals surface area contributed by atoms with Gasteiger partial charge in [-0.2, -0.15) is 0 Å². The summed E-state index contributed by atoms with van der Waals surface area (Å²) in [6.45, 7) is 6.10. The molecule has 2 rings (SSSR count). The summed E-state index contributed by atoms with van der Waals surface area (Å²) < 4.78 is 24.7. The molecule has 0 heterocycles. The summed E-state index contributed by atoms with van der Waals surface area (Å²) in [5.41, 5.74) is 1.08. The molecule has 0 atom stereocenters. The van der Waals surface area contributed by atoms with E-state index in [1.807, 2.05) is 25.1 Å². The van der Waals surface area contributed by atoms with Crippen molar-refractivity contribution in [3.8, 4) is 0 Å². The lowest BCUT2D eigenvalue weighted by molar-refractivity contribution is 0.470. The predicted molar refractivity (Wildman–Crippen MR) is 69.5 cm³/mol. The first kappa shape index (κ1) is 12.4. The van der Waals surface area contributed by atoms with Gasteiger partial charge in [0.1, 0.15) is 0 Å². The Labute approximate surface area is 103 Å². The molecule has 17 heavy (non-hydrogen) atoms. The van der Waals surface area contributed by atoms with E-state index in [0.717, 1.165) is 12.0 Å². The maximum absolute atomic E-state index is 12.4. The molecule has 0 radical (unpaired) electrons. The van der Waals surface area contributed by atoms with Gasteiger partial charge in [0, 0.05) is 4.91 Å². The van der Waals surface area contributed by atoms with Crippen molar-refractivity contribution in [1.82, 2.24) is 0 Å². The van der Waals surface area contributed by atoms with Crippen molar-refractivity contribution in [2.24, 2.45) is 5.41 Å². The van der Waals surface area contributed by atoms with Crippen LogP contribution in [0.3, 0.4) is 0 Å². The molecule has 0 bridgehead atoms. The van der Waals surface area contributed by atoms with Crippen LogP contribution in [0.1, 0.15) is 32.3 Å². The van der Waals surface area contributed by atoms with E-state index in [-0.39, 0.29) is 5.41 Å². The van der Waals surface area contributed by atoms with Crippen LogP contribution in [-0.4, -0.2) is 8.42 Å². The van der Waals surface area contributed by atoms with Gasteiger partial charge in [0.25, 0.3) is 0 Å². The molecule has 1 aliphatic rings. The summed E-state index contributed by atoms with van der Waals surface area (Å²) in [5.74, 6) is 0. The first-order valence-electron chi connectivity index (χ1n) is 5.85.